The Morgan fingerprint density at radius 3 is 2.04 bits per heavy atom. The molecule has 0 heterocycles. The van der Waals surface area contributed by atoms with Gasteiger partial charge in [-0.1, -0.05) is 37.1 Å². The summed E-state index contributed by atoms with van der Waals surface area (Å²) in [5.74, 6) is -1.53. The average Bonchev–Trinajstić information content (AvgIpc) is 2.48. The van der Waals surface area contributed by atoms with Crippen LogP contribution in [-0.4, -0.2) is 49.9 Å². The Balaban J connectivity index is 5.05. The van der Waals surface area contributed by atoms with E-state index in [2.05, 4.69) is 11.4 Å². The molecule has 0 aliphatic heterocycles. The first-order chi connectivity index (χ1) is 12.7. The van der Waals surface area contributed by atoms with Gasteiger partial charge in [-0.05, 0) is 46.0 Å². The van der Waals surface area contributed by atoms with Crippen molar-refractivity contribution in [3.8, 4) is 0 Å². The monoisotopic (exact) mass is 439 g/mol. The van der Waals surface area contributed by atoms with Crippen LogP contribution in [0.25, 0.3) is 0 Å². The van der Waals surface area contributed by atoms with Gasteiger partial charge in [-0.25, -0.2) is 0 Å². The van der Waals surface area contributed by atoms with E-state index in [1.165, 1.54) is 5.57 Å². The molecule has 0 spiro atoms. The molecule has 0 aliphatic carbocycles. The van der Waals surface area contributed by atoms with Crippen LogP contribution in [0.1, 0.15) is 53.9 Å². The molecule has 0 saturated carbocycles. The summed E-state index contributed by atoms with van der Waals surface area (Å²) in [5, 5.41) is 9.86. The highest BCUT2D eigenvalue weighted by Gasteiger charge is 2.43. The molecule has 0 saturated heterocycles. The van der Waals surface area contributed by atoms with E-state index in [1.807, 2.05) is 20.8 Å². The SMILES string of the molecule is CC(C)=CCC/C(C)=C/CCP(=O)(O)C(CN[C@H](C(=O)O)C(C)C)P(=O)(O)O. The third kappa shape index (κ3) is 10.7. The minimum absolute atomic E-state index is 0.220. The molecular formula is C18H35NO7P2. The number of hydrogen-bond donors (Lipinski definition) is 5. The molecule has 5 N–H and O–H groups in total. The zero-order chi connectivity index (χ0) is 22.1. The van der Waals surface area contributed by atoms with E-state index in [0.29, 0.717) is 0 Å². The lowest BCUT2D eigenvalue weighted by Gasteiger charge is -2.26. The van der Waals surface area contributed by atoms with Crippen molar-refractivity contribution in [3.05, 3.63) is 23.3 Å². The first-order valence-electron chi connectivity index (χ1n) is 9.30. The molecule has 0 aliphatic rings. The third-order valence-electron chi connectivity index (χ3n) is 4.34. The van der Waals surface area contributed by atoms with Gasteiger partial charge in [0.25, 0.3) is 0 Å². The number of hydrogen-bond acceptors (Lipinski definition) is 4. The summed E-state index contributed by atoms with van der Waals surface area (Å²) in [6, 6.07) is -1.06. The molecular weight excluding hydrogens is 404 g/mol. The number of carbonyl (C=O) groups is 1. The minimum Gasteiger partial charge on any atom is -0.480 e. The van der Waals surface area contributed by atoms with Crippen molar-refractivity contribution in [1.29, 1.82) is 0 Å². The highest BCUT2D eigenvalue weighted by molar-refractivity contribution is 7.74. The summed E-state index contributed by atoms with van der Waals surface area (Å²) in [4.78, 5) is 40.6. The Labute approximate surface area is 167 Å². The van der Waals surface area contributed by atoms with Crippen molar-refractivity contribution < 1.29 is 33.7 Å². The average molecular weight is 439 g/mol. The number of carboxylic acids is 1. The number of allylic oxidation sites excluding steroid dienone is 4. The van der Waals surface area contributed by atoms with Crippen LogP contribution in [0.15, 0.2) is 23.3 Å². The van der Waals surface area contributed by atoms with Crippen molar-refractivity contribution >= 4 is 20.9 Å². The van der Waals surface area contributed by atoms with Gasteiger partial charge in [0.05, 0.1) is 0 Å². The van der Waals surface area contributed by atoms with E-state index in [-0.39, 0.29) is 18.5 Å². The van der Waals surface area contributed by atoms with Gasteiger partial charge in [0.1, 0.15) is 11.4 Å². The van der Waals surface area contributed by atoms with Crippen molar-refractivity contribution in [2.45, 2.75) is 65.3 Å². The summed E-state index contributed by atoms with van der Waals surface area (Å²) in [5.41, 5.74) is 2.25. The summed E-state index contributed by atoms with van der Waals surface area (Å²) in [7, 11) is -9.12. The van der Waals surface area contributed by atoms with E-state index in [0.717, 1.165) is 18.4 Å². The summed E-state index contributed by atoms with van der Waals surface area (Å²) in [6.07, 6.45) is 5.51. The second kappa shape index (κ2) is 12.1. The highest BCUT2D eigenvalue weighted by Crippen LogP contribution is 2.62. The minimum atomic E-state index is -4.90. The molecule has 0 aromatic rings. The second-order valence-corrected chi connectivity index (χ2v) is 12.5. The first kappa shape index (κ1) is 27.2. The van der Waals surface area contributed by atoms with E-state index in [1.54, 1.807) is 19.9 Å². The van der Waals surface area contributed by atoms with E-state index in [4.69, 9.17) is 5.11 Å². The van der Waals surface area contributed by atoms with Gasteiger partial charge in [-0.2, -0.15) is 0 Å². The normalized spacial score (nSPS) is 17.1. The molecule has 0 radical (unpaired) electrons. The van der Waals surface area contributed by atoms with Gasteiger partial charge in [0.2, 0.25) is 7.37 Å². The Morgan fingerprint density at radius 2 is 1.61 bits per heavy atom. The number of carboxylic acid groups (broad SMARTS) is 1. The standard InChI is InChI=1S/C18H35NO7P2/c1-13(2)8-6-9-15(5)10-7-11-27(22,23)16(28(24,25)26)12-19-17(14(3)4)18(20)21/h8,10,14,16-17,19H,6-7,9,11-12H2,1-5H3,(H,20,21)(H,22,23)(H2,24,25,26)/b15-10+/t16?,17-/m0/s1. The van der Waals surface area contributed by atoms with Crippen LogP contribution >= 0.6 is 15.0 Å². The zero-order valence-corrected chi connectivity index (χ0v) is 19.1. The van der Waals surface area contributed by atoms with Gasteiger partial charge in [-0.3, -0.25) is 13.9 Å². The topological polar surface area (TPSA) is 144 Å². The fraction of sp³-hybridized carbons (Fsp3) is 0.722. The molecule has 0 bridgehead atoms. The molecule has 10 heteroatoms. The molecule has 0 amide bonds. The smallest absolute Gasteiger partial charge is 0.339 e. The molecule has 28 heavy (non-hydrogen) atoms. The second-order valence-electron chi connectivity index (χ2n) is 7.68. The summed E-state index contributed by atoms with van der Waals surface area (Å²) >= 11 is 0. The van der Waals surface area contributed by atoms with Gasteiger partial charge < -0.3 is 25.1 Å². The Bertz CT molecular complexity index is 663. The number of nitrogens with one attached hydrogen (secondary N) is 1. The van der Waals surface area contributed by atoms with Crippen LogP contribution in [0.2, 0.25) is 0 Å². The quantitative estimate of drug-likeness (QED) is 0.216. The van der Waals surface area contributed by atoms with Crippen LogP contribution in [0.5, 0.6) is 0 Å². The molecule has 0 aromatic heterocycles. The van der Waals surface area contributed by atoms with E-state index < -0.39 is 38.9 Å². The maximum atomic E-state index is 12.6. The van der Waals surface area contributed by atoms with Crippen LogP contribution in [0.4, 0.5) is 0 Å². The maximum absolute atomic E-state index is 12.6. The predicted molar refractivity (Wildman–Crippen MR) is 112 cm³/mol. The Morgan fingerprint density at radius 1 is 1.04 bits per heavy atom. The first-order valence-corrected chi connectivity index (χ1v) is 12.9. The summed E-state index contributed by atoms with van der Waals surface area (Å²) in [6.45, 7) is 8.65. The molecule has 8 nitrogen and oxygen atoms in total. The van der Waals surface area contributed by atoms with E-state index in [9.17, 15) is 28.6 Å². The molecule has 164 valence electrons. The van der Waals surface area contributed by atoms with Gasteiger partial charge >= 0.3 is 13.6 Å². The Kier molecular flexibility index (Phi) is 11.7. The lowest BCUT2D eigenvalue weighted by molar-refractivity contribution is -0.140. The zero-order valence-electron chi connectivity index (χ0n) is 17.3. The van der Waals surface area contributed by atoms with Crippen molar-refractivity contribution in [2.75, 3.05) is 12.7 Å². The Hall–Kier alpha value is -0.750. The lowest BCUT2D eigenvalue weighted by atomic mass is 10.1. The van der Waals surface area contributed by atoms with Crippen molar-refractivity contribution in [2.24, 2.45) is 5.92 Å². The fourth-order valence-corrected chi connectivity index (χ4v) is 6.43. The van der Waals surface area contributed by atoms with Gasteiger partial charge in [-0.15, -0.1) is 0 Å². The fourth-order valence-electron chi connectivity index (χ4n) is 2.67. The summed E-state index contributed by atoms with van der Waals surface area (Å²) < 4.78 is 24.4. The molecule has 2 unspecified atom stereocenters. The highest BCUT2D eigenvalue weighted by atomic mass is 31.2. The number of rotatable bonds is 13. The van der Waals surface area contributed by atoms with E-state index >= 15 is 0 Å². The van der Waals surface area contributed by atoms with Crippen LogP contribution < -0.4 is 5.32 Å². The largest absolute Gasteiger partial charge is 0.480 e. The van der Waals surface area contributed by atoms with Gasteiger partial charge in [0, 0.05) is 12.7 Å². The van der Waals surface area contributed by atoms with Gasteiger partial charge in [0.15, 0.2) is 0 Å². The predicted octanol–water partition coefficient (Wildman–Crippen LogP) is 3.54. The van der Waals surface area contributed by atoms with Crippen LogP contribution in [0, 0.1) is 5.92 Å². The number of aliphatic carboxylic acids is 1. The van der Waals surface area contributed by atoms with Crippen LogP contribution in [-0.2, 0) is 13.9 Å². The lowest BCUT2D eigenvalue weighted by Crippen LogP contribution is -2.44. The van der Waals surface area contributed by atoms with Crippen LogP contribution in [0.3, 0.4) is 0 Å². The van der Waals surface area contributed by atoms with Crippen molar-refractivity contribution in [3.63, 3.8) is 0 Å². The third-order valence-corrected chi connectivity index (χ3v) is 9.30. The molecule has 0 rings (SSSR count). The van der Waals surface area contributed by atoms with Crippen molar-refractivity contribution in [1.82, 2.24) is 5.32 Å². The molecule has 0 aromatic carbocycles. The molecule has 3 atom stereocenters. The maximum Gasteiger partial charge on any atom is 0.339 e. The molecule has 0 fully saturated rings.